The third-order valence-electron chi connectivity index (χ3n) is 2.95. The first-order valence-corrected chi connectivity index (χ1v) is 6.66. The minimum Gasteiger partial charge on any atom is -0.495 e. The summed E-state index contributed by atoms with van der Waals surface area (Å²) in [4.78, 5) is 4.00. The largest absolute Gasteiger partial charge is 0.495 e. The Balaban J connectivity index is 2.03. The highest BCUT2D eigenvalue weighted by molar-refractivity contribution is 6.32. The SMILES string of the molecule is COc1cc(OC)c(NCCc2ccncc2)cc1Cl. The molecule has 0 spiro atoms. The van der Waals surface area contributed by atoms with E-state index >= 15 is 0 Å². The van der Waals surface area contributed by atoms with Gasteiger partial charge in [-0.1, -0.05) is 11.6 Å². The molecule has 0 aliphatic rings. The molecule has 1 N–H and O–H groups in total. The molecule has 0 saturated heterocycles. The minimum atomic E-state index is 0.555. The molecule has 0 aliphatic carbocycles. The van der Waals surface area contributed by atoms with Crippen LogP contribution in [0.1, 0.15) is 5.56 Å². The summed E-state index contributed by atoms with van der Waals surface area (Å²) in [5.74, 6) is 1.31. The monoisotopic (exact) mass is 292 g/mol. The van der Waals surface area contributed by atoms with Gasteiger partial charge in [-0.3, -0.25) is 4.98 Å². The topological polar surface area (TPSA) is 43.4 Å². The van der Waals surface area contributed by atoms with Gasteiger partial charge in [0.25, 0.3) is 0 Å². The molecule has 2 rings (SSSR count). The predicted molar refractivity (Wildman–Crippen MR) is 81.0 cm³/mol. The lowest BCUT2D eigenvalue weighted by molar-refractivity contribution is 0.395. The van der Waals surface area contributed by atoms with Gasteiger partial charge in [0.15, 0.2) is 0 Å². The first-order valence-electron chi connectivity index (χ1n) is 6.29. The van der Waals surface area contributed by atoms with Crippen LogP contribution in [0.2, 0.25) is 5.02 Å². The first kappa shape index (κ1) is 14.5. The Morgan fingerprint density at radius 1 is 1.10 bits per heavy atom. The molecule has 0 atom stereocenters. The Hall–Kier alpha value is -1.94. The van der Waals surface area contributed by atoms with Crippen LogP contribution >= 0.6 is 11.6 Å². The first-order chi connectivity index (χ1) is 9.74. The minimum absolute atomic E-state index is 0.555. The summed E-state index contributed by atoms with van der Waals surface area (Å²) in [6.45, 7) is 0.781. The van der Waals surface area contributed by atoms with Crippen LogP contribution in [0.4, 0.5) is 5.69 Å². The van der Waals surface area contributed by atoms with Crippen molar-refractivity contribution in [1.82, 2.24) is 4.98 Å². The fourth-order valence-electron chi connectivity index (χ4n) is 1.89. The van der Waals surface area contributed by atoms with Crippen LogP contribution in [-0.2, 0) is 6.42 Å². The van der Waals surface area contributed by atoms with E-state index in [1.807, 2.05) is 18.2 Å². The average molecular weight is 293 g/mol. The number of nitrogens with zero attached hydrogens (tertiary/aromatic N) is 1. The summed E-state index contributed by atoms with van der Waals surface area (Å²) in [5, 5.41) is 3.87. The van der Waals surface area contributed by atoms with Crippen LogP contribution in [0.5, 0.6) is 11.5 Å². The Labute approximate surface area is 123 Å². The second kappa shape index (κ2) is 7.01. The molecule has 0 aliphatic heterocycles. The molecule has 0 radical (unpaired) electrons. The van der Waals surface area contributed by atoms with Crippen molar-refractivity contribution in [3.8, 4) is 11.5 Å². The molecule has 106 valence electrons. The zero-order chi connectivity index (χ0) is 14.4. The second-order valence-electron chi connectivity index (χ2n) is 4.22. The number of hydrogen-bond donors (Lipinski definition) is 1. The Bertz CT molecular complexity index is 561. The summed E-state index contributed by atoms with van der Waals surface area (Å²) >= 11 is 6.13. The molecule has 4 nitrogen and oxygen atoms in total. The van der Waals surface area contributed by atoms with E-state index in [2.05, 4.69) is 10.3 Å². The van der Waals surface area contributed by atoms with Gasteiger partial charge in [-0.2, -0.15) is 0 Å². The maximum Gasteiger partial charge on any atom is 0.145 e. The molecule has 5 heteroatoms. The van der Waals surface area contributed by atoms with Gasteiger partial charge in [-0.05, 0) is 30.2 Å². The standard InChI is InChI=1S/C15H17ClN2O2/c1-19-14-10-15(20-2)13(9-12(14)16)18-8-5-11-3-6-17-7-4-11/h3-4,6-7,9-10,18H,5,8H2,1-2H3. The molecule has 1 aromatic heterocycles. The number of rotatable bonds is 6. The van der Waals surface area contributed by atoms with E-state index in [0.717, 1.165) is 18.7 Å². The lowest BCUT2D eigenvalue weighted by Crippen LogP contribution is -2.06. The van der Waals surface area contributed by atoms with Gasteiger partial charge in [0, 0.05) is 25.0 Å². The van der Waals surface area contributed by atoms with Gasteiger partial charge in [-0.15, -0.1) is 0 Å². The fraction of sp³-hybridized carbons (Fsp3) is 0.267. The van der Waals surface area contributed by atoms with Crippen LogP contribution in [0, 0.1) is 0 Å². The smallest absolute Gasteiger partial charge is 0.145 e. The highest BCUT2D eigenvalue weighted by atomic mass is 35.5. The van der Waals surface area contributed by atoms with E-state index in [1.165, 1.54) is 5.56 Å². The number of halogens is 1. The number of hydrogen-bond acceptors (Lipinski definition) is 4. The van der Waals surface area contributed by atoms with Crippen molar-refractivity contribution >= 4 is 17.3 Å². The highest BCUT2D eigenvalue weighted by Gasteiger charge is 2.09. The number of ether oxygens (including phenoxy) is 2. The van der Waals surface area contributed by atoms with Crippen molar-refractivity contribution in [1.29, 1.82) is 0 Å². The number of methoxy groups -OCH3 is 2. The Morgan fingerprint density at radius 2 is 1.80 bits per heavy atom. The quantitative estimate of drug-likeness (QED) is 0.886. The highest BCUT2D eigenvalue weighted by Crippen LogP contribution is 2.35. The second-order valence-corrected chi connectivity index (χ2v) is 4.63. The van der Waals surface area contributed by atoms with Crippen molar-refractivity contribution in [3.05, 3.63) is 47.2 Å². The lowest BCUT2D eigenvalue weighted by atomic mass is 10.2. The van der Waals surface area contributed by atoms with Crippen LogP contribution in [0.3, 0.4) is 0 Å². The van der Waals surface area contributed by atoms with Crippen molar-refractivity contribution in [2.24, 2.45) is 0 Å². The van der Waals surface area contributed by atoms with Gasteiger partial charge in [0.05, 0.1) is 24.9 Å². The number of pyridine rings is 1. The lowest BCUT2D eigenvalue weighted by Gasteiger charge is -2.13. The molecule has 1 heterocycles. The van der Waals surface area contributed by atoms with Crippen molar-refractivity contribution in [3.63, 3.8) is 0 Å². The zero-order valence-corrected chi connectivity index (χ0v) is 12.3. The molecule has 0 saturated carbocycles. The average Bonchev–Trinajstić information content (AvgIpc) is 2.48. The summed E-state index contributed by atoms with van der Waals surface area (Å²) in [7, 11) is 3.20. The summed E-state index contributed by atoms with van der Waals surface area (Å²) in [6.07, 6.45) is 4.48. The van der Waals surface area contributed by atoms with E-state index < -0.39 is 0 Å². The van der Waals surface area contributed by atoms with Gasteiger partial charge >= 0.3 is 0 Å². The van der Waals surface area contributed by atoms with Crippen LogP contribution in [0.15, 0.2) is 36.7 Å². The molecule has 1 aromatic carbocycles. The Morgan fingerprint density at radius 3 is 2.45 bits per heavy atom. The van der Waals surface area contributed by atoms with Gasteiger partial charge < -0.3 is 14.8 Å². The maximum absolute atomic E-state index is 6.13. The third-order valence-corrected chi connectivity index (χ3v) is 3.25. The summed E-state index contributed by atoms with van der Waals surface area (Å²) < 4.78 is 10.5. The number of aromatic nitrogens is 1. The van der Waals surface area contributed by atoms with Crippen LogP contribution in [-0.4, -0.2) is 25.7 Å². The predicted octanol–water partition coefficient (Wildman–Crippen LogP) is 3.41. The molecular weight excluding hydrogens is 276 g/mol. The fourth-order valence-corrected chi connectivity index (χ4v) is 2.13. The van der Waals surface area contributed by atoms with Crippen molar-refractivity contribution < 1.29 is 9.47 Å². The van der Waals surface area contributed by atoms with E-state index in [4.69, 9.17) is 21.1 Å². The molecule has 0 amide bonds. The maximum atomic E-state index is 6.13. The number of benzene rings is 1. The molecule has 20 heavy (non-hydrogen) atoms. The summed E-state index contributed by atoms with van der Waals surface area (Å²) in [6, 6.07) is 7.59. The number of nitrogens with one attached hydrogen (secondary N) is 1. The van der Waals surface area contributed by atoms with Gasteiger partial charge in [-0.25, -0.2) is 0 Å². The van der Waals surface area contributed by atoms with Crippen molar-refractivity contribution in [2.45, 2.75) is 6.42 Å². The van der Waals surface area contributed by atoms with E-state index in [9.17, 15) is 0 Å². The molecule has 0 unspecified atom stereocenters. The normalized spacial score (nSPS) is 10.2. The van der Waals surface area contributed by atoms with E-state index in [0.29, 0.717) is 16.5 Å². The van der Waals surface area contributed by atoms with E-state index in [-0.39, 0.29) is 0 Å². The van der Waals surface area contributed by atoms with Crippen LogP contribution in [0.25, 0.3) is 0 Å². The van der Waals surface area contributed by atoms with Crippen molar-refractivity contribution in [2.75, 3.05) is 26.1 Å². The van der Waals surface area contributed by atoms with Gasteiger partial charge in [0.1, 0.15) is 11.5 Å². The van der Waals surface area contributed by atoms with E-state index in [1.54, 1.807) is 32.7 Å². The Kier molecular flexibility index (Phi) is 5.07. The van der Waals surface area contributed by atoms with Gasteiger partial charge in [0.2, 0.25) is 0 Å². The third kappa shape index (κ3) is 3.54. The molecular formula is C15H17ClN2O2. The molecule has 0 fully saturated rings. The summed E-state index contributed by atoms with van der Waals surface area (Å²) in [5.41, 5.74) is 2.08. The zero-order valence-electron chi connectivity index (χ0n) is 11.5. The molecule has 2 aromatic rings. The molecule has 0 bridgehead atoms. The van der Waals surface area contributed by atoms with Crippen LogP contribution < -0.4 is 14.8 Å². The number of anilines is 1.